The fraction of sp³-hybridized carbons (Fsp3) is 0.217. The summed E-state index contributed by atoms with van der Waals surface area (Å²) >= 11 is 0. The smallest absolute Gasteiger partial charge is 0.289 e. The number of benzene rings is 2. The van der Waals surface area contributed by atoms with Crippen LogP contribution in [0.15, 0.2) is 65.1 Å². The van der Waals surface area contributed by atoms with Gasteiger partial charge in [-0.05, 0) is 61.5 Å². The maximum atomic E-state index is 12.7. The molecule has 1 fully saturated rings. The van der Waals surface area contributed by atoms with Crippen LogP contribution < -0.4 is 10.6 Å². The van der Waals surface area contributed by atoms with Crippen molar-refractivity contribution in [2.45, 2.75) is 6.42 Å². The quantitative estimate of drug-likeness (QED) is 0.468. The van der Waals surface area contributed by atoms with Gasteiger partial charge in [-0.3, -0.25) is 19.7 Å². The third kappa shape index (κ3) is 4.84. The predicted octanol–water partition coefficient (Wildman–Crippen LogP) is 3.54. The largest absolute Gasteiger partial charge is 0.451 e. The number of non-ortho nitro benzene ring substituents is 1. The number of furan rings is 1. The number of carbonyl (C=O) groups excluding carboxylic acids is 2. The maximum Gasteiger partial charge on any atom is 0.289 e. The lowest BCUT2D eigenvalue weighted by atomic mass is 10.1. The predicted molar refractivity (Wildman–Crippen MR) is 119 cm³/mol. The number of amides is 2. The highest BCUT2D eigenvalue weighted by Crippen LogP contribution is 2.25. The summed E-state index contributed by atoms with van der Waals surface area (Å²) in [6.45, 7) is 3.02. The molecule has 32 heavy (non-hydrogen) atoms. The lowest BCUT2D eigenvalue weighted by Crippen LogP contribution is -2.33. The van der Waals surface area contributed by atoms with Gasteiger partial charge in [-0.2, -0.15) is 0 Å². The minimum absolute atomic E-state index is 0.0743. The summed E-state index contributed by atoms with van der Waals surface area (Å²) in [5.41, 5.74) is 1.58. The van der Waals surface area contributed by atoms with Gasteiger partial charge in [0.15, 0.2) is 5.76 Å². The van der Waals surface area contributed by atoms with Crippen molar-refractivity contribution in [1.82, 2.24) is 10.2 Å². The molecule has 0 radical (unpaired) electrons. The first-order chi connectivity index (χ1) is 15.5. The van der Waals surface area contributed by atoms with Gasteiger partial charge in [0.25, 0.3) is 17.5 Å². The molecule has 0 unspecified atom stereocenters. The Bertz CT molecular complexity index is 1110. The first-order valence-electron chi connectivity index (χ1n) is 10.3. The Morgan fingerprint density at radius 3 is 2.44 bits per heavy atom. The number of hydrogen-bond donors (Lipinski definition) is 2. The minimum Gasteiger partial charge on any atom is -0.451 e. The summed E-state index contributed by atoms with van der Waals surface area (Å²) < 4.78 is 5.79. The molecule has 2 amide bonds. The van der Waals surface area contributed by atoms with Crippen LogP contribution in [0.3, 0.4) is 0 Å². The highest BCUT2D eigenvalue weighted by Gasteiger charge is 2.20. The second-order valence-corrected chi connectivity index (χ2v) is 7.40. The molecule has 0 bridgehead atoms. The lowest BCUT2D eigenvalue weighted by molar-refractivity contribution is -0.384. The topological polar surface area (TPSA) is 118 Å². The number of nitro groups is 1. The Labute approximate surface area is 184 Å². The zero-order chi connectivity index (χ0) is 22.5. The molecular weight excluding hydrogens is 412 g/mol. The SMILES string of the molecule is O=C(Nc1ccc(-c2ccc(C(=O)N3CCCNCC3)o2)cc1)c1ccc([N+](=O)[O-])cc1. The zero-order valence-corrected chi connectivity index (χ0v) is 17.2. The summed E-state index contributed by atoms with van der Waals surface area (Å²) in [7, 11) is 0. The van der Waals surface area contributed by atoms with E-state index in [9.17, 15) is 19.7 Å². The molecule has 2 heterocycles. The third-order valence-electron chi connectivity index (χ3n) is 5.21. The monoisotopic (exact) mass is 434 g/mol. The molecule has 3 aromatic rings. The summed E-state index contributed by atoms with van der Waals surface area (Å²) in [6, 6.07) is 15.8. The Kier molecular flexibility index (Phi) is 6.27. The standard InChI is InChI=1S/C23H22N4O5/c28-22(17-4-8-19(9-5-17)27(30)31)25-18-6-2-16(3-7-18)20-10-11-21(32-20)23(29)26-14-1-12-24-13-15-26/h2-11,24H,1,12-15H2,(H,25,28). The summed E-state index contributed by atoms with van der Waals surface area (Å²) in [6.07, 6.45) is 0.909. The average Bonchev–Trinajstić information content (AvgIpc) is 3.14. The van der Waals surface area contributed by atoms with Crippen molar-refractivity contribution >= 4 is 23.2 Å². The Morgan fingerprint density at radius 2 is 1.72 bits per heavy atom. The van der Waals surface area contributed by atoms with Gasteiger partial charge >= 0.3 is 0 Å². The number of hydrogen-bond acceptors (Lipinski definition) is 6. The van der Waals surface area contributed by atoms with Gasteiger partial charge in [0.05, 0.1) is 4.92 Å². The molecule has 1 aliphatic rings. The Hall–Kier alpha value is -3.98. The molecule has 4 rings (SSSR count). The number of anilines is 1. The van der Waals surface area contributed by atoms with E-state index in [-0.39, 0.29) is 17.5 Å². The van der Waals surface area contributed by atoms with E-state index in [1.807, 2.05) is 0 Å². The van der Waals surface area contributed by atoms with E-state index < -0.39 is 4.92 Å². The molecular formula is C23H22N4O5. The molecule has 0 saturated carbocycles. The Balaban J connectivity index is 1.41. The fourth-order valence-electron chi connectivity index (χ4n) is 3.47. The number of nitrogens with one attached hydrogen (secondary N) is 2. The van der Waals surface area contributed by atoms with E-state index in [2.05, 4.69) is 10.6 Å². The van der Waals surface area contributed by atoms with Crippen LogP contribution in [0, 0.1) is 10.1 Å². The van der Waals surface area contributed by atoms with Crippen LogP contribution in [-0.4, -0.2) is 47.8 Å². The summed E-state index contributed by atoms with van der Waals surface area (Å²) in [5, 5.41) is 16.7. The second-order valence-electron chi connectivity index (χ2n) is 7.40. The maximum absolute atomic E-state index is 12.7. The minimum atomic E-state index is -0.515. The number of nitro benzene ring substituents is 1. The van der Waals surface area contributed by atoms with E-state index >= 15 is 0 Å². The summed E-state index contributed by atoms with van der Waals surface area (Å²) in [4.78, 5) is 37.0. The van der Waals surface area contributed by atoms with Gasteiger partial charge in [-0.15, -0.1) is 0 Å². The van der Waals surface area contributed by atoms with Gasteiger partial charge in [0, 0.05) is 48.6 Å². The molecule has 9 heteroatoms. The van der Waals surface area contributed by atoms with Crippen LogP contribution in [0.25, 0.3) is 11.3 Å². The van der Waals surface area contributed by atoms with Crippen molar-refractivity contribution < 1.29 is 18.9 Å². The van der Waals surface area contributed by atoms with Crippen LogP contribution in [0.1, 0.15) is 27.3 Å². The molecule has 0 aliphatic carbocycles. The fourth-order valence-corrected chi connectivity index (χ4v) is 3.47. The van der Waals surface area contributed by atoms with Gasteiger partial charge in [-0.1, -0.05) is 0 Å². The zero-order valence-electron chi connectivity index (χ0n) is 17.2. The van der Waals surface area contributed by atoms with Crippen LogP contribution in [0.4, 0.5) is 11.4 Å². The molecule has 9 nitrogen and oxygen atoms in total. The number of nitrogens with zero attached hydrogens (tertiary/aromatic N) is 2. The summed E-state index contributed by atoms with van der Waals surface area (Å²) in [5.74, 6) is 0.379. The van der Waals surface area contributed by atoms with E-state index in [0.29, 0.717) is 35.9 Å². The molecule has 164 valence electrons. The average molecular weight is 434 g/mol. The van der Waals surface area contributed by atoms with Gasteiger partial charge in [-0.25, -0.2) is 0 Å². The van der Waals surface area contributed by atoms with E-state index in [1.165, 1.54) is 24.3 Å². The van der Waals surface area contributed by atoms with Crippen molar-refractivity contribution in [3.05, 3.63) is 82.1 Å². The highest BCUT2D eigenvalue weighted by molar-refractivity contribution is 6.04. The molecule has 1 saturated heterocycles. The molecule has 2 aromatic carbocycles. The number of rotatable bonds is 5. The Morgan fingerprint density at radius 1 is 0.969 bits per heavy atom. The van der Waals surface area contributed by atoms with Crippen LogP contribution in [0.5, 0.6) is 0 Å². The van der Waals surface area contributed by atoms with Crippen molar-refractivity contribution in [2.75, 3.05) is 31.5 Å². The first-order valence-corrected chi connectivity index (χ1v) is 10.3. The van der Waals surface area contributed by atoms with Crippen LogP contribution in [-0.2, 0) is 0 Å². The molecule has 1 aliphatic heterocycles. The normalized spacial score (nSPS) is 13.9. The molecule has 1 aromatic heterocycles. The highest BCUT2D eigenvalue weighted by atomic mass is 16.6. The van der Waals surface area contributed by atoms with E-state index in [1.54, 1.807) is 41.3 Å². The molecule has 2 N–H and O–H groups in total. The molecule has 0 spiro atoms. The number of carbonyl (C=O) groups is 2. The van der Waals surface area contributed by atoms with Crippen molar-refractivity contribution in [3.8, 4) is 11.3 Å². The van der Waals surface area contributed by atoms with Gasteiger partial charge in [0.2, 0.25) is 0 Å². The molecule has 0 atom stereocenters. The van der Waals surface area contributed by atoms with E-state index in [4.69, 9.17) is 4.42 Å². The van der Waals surface area contributed by atoms with Gasteiger partial charge < -0.3 is 20.0 Å². The second kappa shape index (κ2) is 9.44. The van der Waals surface area contributed by atoms with Crippen LogP contribution >= 0.6 is 0 Å². The van der Waals surface area contributed by atoms with Crippen molar-refractivity contribution in [2.24, 2.45) is 0 Å². The van der Waals surface area contributed by atoms with Crippen molar-refractivity contribution in [1.29, 1.82) is 0 Å². The first kappa shape index (κ1) is 21.3. The van der Waals surface area contributed by atoms with Crippen molar-refractivity contribution in [3.63, 3.8) is 0 Å². The third-order valence-corrected chi connectivity index (χ3v) is 5.21. The van der Waals surface area contributed by atoms with E-state index in [0.717, 1.165) is 25.1 Å². The lowest BCUT2D eigenvalue weighted by Gasteiger charge is -2.18. The van der Waals surface area contributed by atoms with Gasteiger partial charge in [0.1, 0.15) is 5.76 Å². The van der Waals surface area contributed by atoms with Crippen LogP contribution in [0.2, 0.25) is 0 Å².